The number of hydrogen-bond donors (Lipinski definition) is 1. The lowest BCUT2D eigenvalue weighted by Crippen LogP contribution is -2.41. The van der Waals surface area contributed by atoms with Gasteiger partial charge in [0.2, 0.25) is 15.9 Å². The molecule has 3 rings (SSSR count). The van der Waals surface area contributed by atoms with Crippen LogP contribution in [0, 0.1) is 5.92 Å². The van der Waals surface area contributed by atoms with Crippen LogP contribution in [-0.4, -0.2) is 31.7 Å². The Morgan fingerprint density at radius 1 is 1.00 bits per heavy atom. The van der Waals surface area contributed by atoms with Gasteiger partial charge < -0.3 is 5.32 Å². The van der Waals surface area contributed by atoms with Gasteiger partial charge in [-0.2, -0.15) is 4.31 Å². The zero-order chi connectivity index (χ0) is 19.6. The summed E-state index contributed by atoms with van der Waals surface area (Å²) in [7, 11) is -3.82. The lowest BCUT2D eigenvalue weighted by atomic mass is 9.97. The Balaban J connectivity index is 1.67. The van der Waals surface area contributed by atoms with Crippen LogP contribution < -0.4 is 5.32 Å². The fraction of sp³-hybridized carbons (Fsp3) is 0.278. The molecule has 2 aromatic rings. The highest BCUT2D eigenvalue weighted by Gasteiger charge is 2.34. The van der Waals surface area contributed by atoms with Crippen molar-refractivity contribution in [3.63, 3.8) is 0 Å². The normalized spacial score (nSPS) is 16.3. The fourth-order valence-electron chi connectivity index (χ4n) is 3.03. The Hall–Kier alpha value is -1.31. The number of rotatable bonds is 4. The highest BCUT2D eigenvalue weighted by atomic mass is 35.5. The molecule has 27 heavy (non-hydrogen) atoms. The first kappa shape index (κ1) is 20.4. The quantitative estimate of drug-likeness (QED) is 0.739. The van der Waals surface area contributed by atoms with E-state index in [1.165, 1.54) is 16.4 Å². The summed E-state index contributed by atoms with van der Waals surface area (Å²) in [6, 6.07) is 11.5. The van der Waals surface area contributed by atoms with Crippen LogP contribution in [0.2, 0.25) is 15.1 Å². The van der Waals surface area contributed by atoms with E-state index in [-0.39, 0.29) is 39.9 Å². The molecule has 1 N–H and O–H groups in total. The summed E-state index contributed by atoms with van der Waals surface area (Å²) < 4.78 is 27.1. The van der Waals surface area contributed by atoms with Crippen molar-refractivity contribution in [3.8, 4) is 0 Å². The minimum atomic E-state index is -3.82. The number of carbonyl (C=O) groups excluding carboxylic acids is 1. The number of nitrogens with zero attached hydrogens (tertiary/aromatic N) is 1. The van der Waals surface area contributed by atoms with Crippen LogP contribution in [-0.2, 0) is 14.8 Å². The molecule has 0 radical (unpaired) electrons. The molecule has 144 valence electrons. The largest absolute Gasteiger partial charge is 0.326 e. The molecule has 1 heterocycles. The van der Waals surface area contributed by atoms with Gasteiger partial charge in [-0.25, -0.2) is 8.42 Å². The van der Waals surface area contributed by atoms with Gasteiger partial charge in [-0.15, -0.1) is 0 Å². The topological polar surface area (TPSA) is 66.5 Å². The monoisotopic (exact) mass is 446 g/mol. The smallest absolute Gasteiger partial charge is 0.246 e. The third kappa shape index (κ3) is 4.58. The van der Waals surface area contributed by atoms with Gasteiger partial charge >= 0.3 is 0 Å². The Kier molecular flexibility index (Phi) is 6.33. The van der Waals surface area contributed by atoms with Crippen molar-refractivity contribution < 1.29 is 13.2 Å². The molecule has 1 aliphatic rings. The van der Waals surface area contributed by atoms with Gasteiger partial charge in [0.1, 0.15) is 4.90 Å². The van der Waals surface area contributed by atoms with Crippen molar-refractivity contribution in [1.29, 1.82) is 0 Å². The van der Waals surface area contributed by atoms with Crippen LogP contribution in [0.3, 0.4) is 0 Å². The van der Waals surface area contributed by atoms with Crippen molar-refractivity contribution in [3.05, 3.63) is 57.5 Å². The summed E-state index contributed by atoms with van der Waals surface area (Å²) in [5.41, 5.74) is 0.616. The average molecular weight is 448 g/mol. The first-order valence-electron chi connectivity index (χ1n) is 8.29. The van der Waals surface area contributed by atoms with Gasteiger partial charge in [0.25, 0.3) is 0 Å². The third-order valence-electron chi connectivity index (χ3n) is 4.43. The molecule has 0 spiro atoms. The van der Waals surface area contributed by atoms with Crippen molar-refractivity contribution in [2.75, 3.05) is 18.4 Å². The highest BCUT2D eigenvalue weighted by molar-refractivity contribution is 7.89. The second-order valence-electron chi connectivity index (χ2n) is 6.23. The van der Waals surface area contributed by atoms with E-state index in [4.69, 9.17) is 34.8 Å². The number of hydrogen-bond acceptors (Lipinski definition) is 3. The molecular formula is C18H17Cl3N2O3S. The summed E-state index contributed by atoms with van der Waals surface area (Å²) in [5, 5.41) is 3.53. The average Bonchev–Trinajstić information content (AvgIpc) is 2.61. The van der Waals surface area contributed by atoms with Gasteiger partial charge in [-0.05, 0) is 43.2 Å². The fourth-order valence-corrected chi connectivity index (χ4v) is 5.78. The second-order valence-corrected chi connectivity index (χ2v) is 9.35. The van der Waals surface area contributed by atoms with Gasteiger partial charge in [0.15, 0.2) is 0 Å². The minimum Gasteiger partial charge on any atom is -0.326 e. The van der Waals surface area contributed by atoms with E-state index >= 15 is 0 Å². The molecule has 0 aromatic heterocycles. The van der Waals surface area contributed by atoms with Gasteiger partial charge in [0.05, 0.1) is 10.0 Å². The van der Waals surface area contributed by atoms with Gasteiger partial charge in [-0.1, -0.05) is 46.9 Å². The van der Waals surface area contributed by atoms with E-state index in [9.17, 15) is 13.2 Å². The Morgan fingerprint density at radius 3 is 2.19 bits per heavy atom. The zero-order valence-corrected chi connectivity index (χ0v) is 17.2. The number of anilines is 1. The minimum absolute atomic E-state index is 0.0864. The molecule has 0 saturated carbocycles. The van der Waals surface area contributed by atoms with Crippen LogP contribution in [0.1, 0.15) is 12.8 Å². The number of sulfonamides is 1. The lowest BCUT2D eigenvalue weighted by molar-refractivity contribution is -0.120. The van der Waals surface area contributed by atoms with E-state index in [0.29, 0.717) is 23.6 Å². The molecular weight excluding hydrogens is 431 g/mol. The highest BCUT2D eigenvalue weighted by Crippen LogP contribution is 2.33. The van der Waals surface area contributed by atoms with Crippen LogP contribution in [0.15, 0.2) is 47.4 Å². The predicted molar refractivity (Wildman–Crippen MR) is 108 cm³/mol. The van der Waals surface area contributed by atoms with Crippen LogP contribution >= 0.6 is 34.8 Å². The van der Waals surface area contributed by atoms with Crippen molar-refractivity contribution in [2.45, 2.75) is 17.7 Å². The second kappa shape index (κ2) is 8.37. The van der Waals surface area contributed by atoms with Gasteiger partial charge in [-0.3, -0.25) is 4.79 Å². The van der Waals surface area contributed by atoms with Gasteiger partial charge in [0, 0.05) is 29.7 Å². The molecule has 1 fully saturated rings. The molecule has 2 aromatic carbocycles. The van der Waals surface area contributed by atoms with Crippen molar-refractivity contribution in [2.24, 2.45) is 5.92 Å². The summed E-state index contributed by atoms with van der Waals surface area (Å²) >= 11 is 18.0. The zero-order valence-electron chi connectivity index (χ0n) is 14.2. The maximum atomic E-state index is 12.9. The van der Waals surface area contributed by atoms with E-state index in [1.54, 1.807) is 30.3 Å². The summed E-state index contributed by atoms with van der Waals surface area (Å²) in [6.45, 7) is 0.440. The molecule has 1 amide bonds. The van der Waals surface area contributed by atoms with Crippen LogP contribution in [0.5, 0.6) is 0 Å². The Morgan fingerprint density at radius 2 is 1.59 bits per heavy atom. The molecule has 0 aliphatic carbocycles. The number of carbonyl (C=O) groups is 1. The van der Waals surface area contributed by atoms with Crippen molar-refractivity contribution in [1.82, 2.24) is 4.31 Å². The number of nitrogens with one attached hydrogen (secondary N) is 1. The Bertz CT molecular complexity index is 938. The first-order chi connectivity index (χ1) is 12.8. The van der Waals surface area contributed by atoms with Crippen molar-refractivity contribution >= 4 is 56.4 Å². The molecule has 0 bridgehead atoms. The molecule has 1 aliphatic heterocycles. The third-order valence-corrected chi connectivity index (χ3v) is 7.52. The molecule has 9 heteroatoms. The number of benzene rings is 2. The van der Waals surface area contributed by atoms with Crippen LogP contribution in [0.25, 0.3) is 0 Å². The molecule has 0 atom stereocenters. The summed E-state index contributed by atoms with van der Waals surface area (Å²) in [6.07, 6.45) is 0.821. The molecule has 1 saturated heterocycles. The predicted octanol–water partition coefficient (Wildman–Crippen LogP) is 4.69. The maximum Gasteiger partial charge on any atom is 0.246 e. The number of piperidine rings is 1. The first-order valence-corrected chi connectivity index (χ1v) is 10.9. The van der Waals surface area contributed by atoms with E-state index < -0.39 is 10.0 Å². The SMILES string of the molecule is O=C(Nc1cccc(Cl)c1)C1CCN(S(=O)(=O)c2c(Cl)cccc2Cl)CC1. The van der Waals surface area contributed by atoms with E-state index in [0.717, 1.165) is 0 Å². The lowest BCUT2D eigenvalue weighted by Gasteiger charge is -2.31. The van der Waals surface area contributed by atoms with E-state index in [2.05, 4.69) is 5.32 Å². The summed E-state index contributed by atoms with van der Waals surface area (Å²) in [5.74, 6) is -0.428. The standard InChI is InChI=1S/C18H17Cl3N2O3S/c19-13-3-1-4-14(11-13)22-18(24)12-7-9-23(10-8-12)27(25,26)17-15(20)5-2-6-16(17)21/h1-6,11-12H,7-10H2,(H,22,24). The molecule has 5 nitrogen and oxygen atoms in total. The maximum absolute atomic E-state index is 12.9. The summed E-state index contributed by atoms with van der Waals surface area (Å²) in [4.78, 5) is 12.4. The Labute approximate surface area is 173 Å². The molecule has 0 unspecified atom stereocenters. The number of halogens is 3. The number of amides is 1. The van der Waals surface area contributed by atoms with Crippen LogP contribution in [0.4, 0.5) is 5.69 Å². The van der Waals surface area contributed by atoms with E-state index in [1.807, 2.05) is 0 Å².